The van der Waals surface area contributed by atoms with E-state index in [-0.39, 0.29) is 0 Å². The Morgan fingerprint density at radius 3 is 2.50 bits per heavy atom. The number of aromatic nitrogens is 2. The normalized spacial score (nSPS) is 30.5. The quantitative estimate of drug-likeness (QED) is 0.517. The summed E-state index contributed by atoms with van der Waals surface area (Å²) in [7, 11) is 3.70. The van der Waals surface area contributed by atoms with Gasteiger partial charge in [0.15, 0.2) is 0 Å². The minimum atomic E-state index is -1.71. The predicted molar refractivity (Wildman–Crippen MR) is 85.3 cm³/mol. The van der Waals surface area contributed by atoms with E-state index in [1.807, 2.05) is 0 Å². The van der Waals surface area contributed by atoms with Crippen molar-refractivity contribution in [2.45, 2.75) is 24.9 Å². The number of aromatic amines is 1. The van der Waals surface area contributed by atoms with E-state index in [9.17, 15) is 19.2 Å². The fourth-order valence-corrected chi connectivity index (χ4v) is 3.97. The number of imidazole rings is 1. The van der Waals surface area contributed by atoms with E-state index in [0.717, 1.165) is 12.0 Å². The molecule has 0 aliphatic carbocycles. The number of amides is 2. The van der Waals surface area contributed by atoms with Crippen LogP contribution < -0.4 is 5.32 Å². The average molecular weight is 364 g/mol. The molecule has 0 spiro atoms. The molecular weight excluding hydrogens is 344 g/mol. The van der Waals surface area contributed by atoms with Crippen molar-refractivity contribution in [3.63, 3.8) is 0 Å². The second kappa shape index (κ2) is 6.20. The summed E-state index contributed by atoms with van der Waals surface area (Å²) in [5.41, 5.74) is -0.512. The van der Waals surface area contributed by atoms with Crippen molar-refractivity contribution in [2.75, 3.05) is 21.3 Å². The van der Waals surface area contributed by atoms with Crippen LogP contribution in [0.1, 0.15) is 23.9 Å². The van der Waals surface area contributed by atoms with Gasteiger partial charge in [-0.05, 0) is 6.92 Å². The molecule has 26 heavy (non-hydrogen) atoms. The summed E-state index contributed by atoms with van der Waals surface area (Å²) in [6.45, 7) is 1.77. The smallest absolute Gasteiger partial charge is 0.327 e. The third kappa shape index (κ3) is 2.32. The van der Waals surface area contributed by atoms with E-state index in [2.05, 4.69) is 15.3 Å². The number of carbonyl (C=O) groups excluding carboxylic acids is 4. The number of hydrogen-bond acceptors (Lipinski definition) is 8. The highest BCUT2D eigenvalue weighted by molar-refractivity contribution is 6.10. The lowest BCUT2D eigenvalue weighted by atomic mass is 9.77. The first-order chi connectivity index (χ1) is 12.3. The molecule has 140 valence electrons. The third-order valence-electron chi connectivity index (χ3n) is 5.24. The first-order valence-electron chi connectivity index (χ1n) is 8.02. The Morgan fingerprint density at radius 2 is 1.96 bits per heavy atom. The highest BCUT2D eigenvalue weighted by atomic mass is 16.5. The van der Waals surface area contributed by atoms with Crippen molar-refractivity contribution in [1.29, 1.82) is 0 Å². The largest absolute Gasteiger partial charge is 0.469 e. The molecule has 0 aromatic carbocycles. The maximum Gasteiger partial charge on any atom is 0.327 e. The van der Waals surface area contributed by atoms with Crippen LogP contribution in [0.4, 0.5) is 0 Å². The molecule has 3 rings (SSSR count). The number of fused-ring (bicyclic) bond motifs is 1. The summed E-state index contributed by atoms with van der Waals surface area (Å²) >= 11 is 0. The molecule has 0 radical (unpaired) electrons. The molecule has 4 atom stereocenters. The molecule has 2 saturated heterocycles. The van der Waals surface area contributed by atoms with Crippen LogP contribution in [0.2, 0.25) is 0 Å². The molecular formula is C16H20N4O6. The number of nitrogens with one attached hydrogen (secondary N) is 2. The number of imide groups is 1. The fraction of sp³-hybridized carbons (Fsp3) is 0.562. The van der Waals surface area contributed by atoms with Gasteiger partial charge in [-0.25, -0.2) is 4.98 Å². The number of nitrogens with zero attached hydrogens (tertiary/aromatic N) is 2. The van der Waals surface area contributed by atoms with Gasteiger partial charge in [-0.15, -0.1) is 0 Å². The second-order valence-electron chi connectivity index (χ2n) is 6.49. The predicted octanol–water partition coefficient (Wildman–Crippen LogP) is -0.932. The molecule has 0 bridgehead atoms. The molecule has 0 saturated carbocycles. The Hall–Kier alpha value is -2.75. The number of H-pyrrole nitrogens is 1. The highest BCUT2D eigenvalue weighted by Gasteiger charge is 2.69. The van der Waals surface area contributed by atoms with Crippen molar-refractivity contribution in [2.24, 2.45) is 11.8 Å². The molecule has 1 aromatic heterocycles. The lowest BCUT2D eigenvalue weighted by molar-refractivity contribution is -0.159. The number of aryl methyl sites for hydroxylation is 1. The minimum absolute atomic E-state index is 0.435. The maximum atomic E-state index is 12.8. The van der Waals surface area contributed by atoms with Crippen molar-refractivity contribution in [3.05, 3.63) is 17.7 Å². The topological polar surface area (TPSA) is 131 Å². The summed E-state index contributed by atoms with van der Waals surface area (Å²) < 4.78 is 9.59. The molecule has 3 heterocycles. The van der Waals surface area contributed by atoms with Crippen LogP contribution in [0.15, 0.2) is 6.33 Å². The van der Waals surface area contributed by atoms with Crippen LogP contribution in [0, 0.1) is 18.8 Å². The third-order valence-corrected chi connectivity index (χ3v) is 5.24. The van der Waals surface area contributed by atoms with E-state index in [0.29, 0.717) is 11.4 Å². The fourth-order valence-electron chi connectivity index (χ4n) is 3.97. The first-order valence-corrected chi connectivity index (χ1v) is 8.02. The van der Waals surface area contributed by atoms with Crippen LogP contribution in [0.3, 0.4) is 0 Å². The Morgan fingerprint density at radius 1 is 1.27 bits per heavy atom. The SMILES string of the molecule is COC(=O)C[C@]1(C(=O)OC)N[C@@H](c2nc[nH]c2C)[C@H]2C(=O)N(C)C(=O)[C@H]21. The molecule has 1 aromatic rings. The van der Waals surface area contributed by atoms with Crippen LogP contribution in [-0.4, -0.2) is 65.4 Å². The molecule has 2 aliphatic heterocycles. The summed E-state index contributed by atoms with van der Waals surface area (Å²) in [4.78, 5) is 58.3. The summed E-state index contributed by atoms with van der Waals surface area (Å²) in [5.74, 6) is -4.44. The van der Waals surface area contributed by atoms with Gasteiger partial charge in [0.2, 0.25) is 11.8 Å². The number of hydrogen-bond donors (Lipinski definition) is 2. The summed E-state index contributed by atoms with van der Waals surface area (Å²) in [6.07, 6.45) is 1.02. The Labute approximate surface area is 149 Å². The average Bonchev–Trinajstić information content (AvgIpc) is 3.26. The Kier molecular flexibility index (Phi) is 4.31. The Bertz CT molecular complexity index is 789. The summed E-state index contributed by atoms with van der Waals surface area (Å²) in [5, 5.41) is 3.02. The van der Waals surface area contributed by atoms with E-state index in [1.54, 1.807) is 6.92 Å². The highest BCUT2D eigenvalue weighted by Crippen LogP contribution is 2.50. The second-order valence-corrected chi connectivity index (χ2v) is 6.49. The lowest BCUT2D eigenvalue weighted by Gasteiger charge is -2.30. The van der Waals surface area contributed by atoms with Crippen molar-refractivity contribution in [3.8, 4) is 0 Å². The van der Waals surface area contributed by atoms with E-state index >= 15 is 0 Å². The van der Waals surface area contributed by atoms with Gasteiger partial charge < -0.3 is 14.5 Å². The summed E-state index contributed by atoms with van der Waals surface area (Å²) in [6, 6.07) is -0.726. The van der Waals surface area contributed by atoms with Crippen LogP contribution >= 0.6 is 0 Å². The van der Waals surface area contributed by atoms with Gasteiger partial charge in [0.25, 0.3) is 0 Å². The standard InChI is InChI=1S/C16H20N4O6/c1-7-11(18-6-17-7)12-9-10(14(23)20(2)13(9)22)16(19-12,15(24)26-4)5-8(21)25-3/h6,9-10,12,19H,5H2,1-4H3,(H,17,18)/t9-,10-,12+,16-/m0/s1. The van der Waals surface area contributed by atoms with Gasteiger partial charge in [-0.3, -0.25) is 29.4 Å². The van der Waals surface area contributed by atoms with E-state index in [4.69, 9.17) is 9.47 Å². The molecule has 2 fully saturated rings. The zero-order valence-corrected chi connectivity index (χ0v) is 14.9. The molecule has 2 amide bonds. The minimum Gasteiger partial charge on any atom is -0.469 e. The number of esters is 2. The number of carbonyl (C=O) groups is 4. The van der Waals surface area contributed by atoms with Gasteiger partial charge in [0.05, 0.1) is 50.5 Å². The van der Waals surface area contributed by atoms with Crippen LogP contribution in [-0.2, 0) is 28.7 Å². The van der Waals surface area contributed by atoms with Crippen molar-refractivity contribution in [1.82, 2.24) is 20.2 Å². The van der Waals surface area contributed by atoms with Gasteiger partial charge in [0.1, 0.15) is 5.54 Å². The van der Waals surface area contributed by atoms with E-state index < -0.39 is 53.6 Å². The zero-order valence-electron chi connectivity index (χ0n) is 14.9. The van der Waals surface area contributed by atoms with Crippen molar-refractivity contribution >= 4 is 23.8 Å². The first kappa shape index (κ1) is 18.1. The van der Waals surface area contributed by atoms with Gasteiger partial charge in [-0.1, -0.05) is 0 Å². The number of methoxy groups -OCH3 is 2. The number of rotatable bonds is 4. The van der Waals surface area contributed by atoms with Gasteiger partial charge in [0, 0.05) is 12.7 Å². The Balaban J connectivity index is 2.17. The number of likely N-dealkylation sites (tertiary alicyclic amines) is 1. The van der Waals surface area contributed by atoms with Gasteiger partial charge in [-0.2, -0.15) is 0 Å². The van der Waals surface area contributed by atoms with Gasteiger partial charge >= 0.3 is 11.9 Å². The maximum absolute atomic E-state index is 12.8. The van der Waals surface area contributed by atoms with Crippen LogP contribution in [0.25, 0.3) is 0 Å². The van der Waals surface area contributed by atoms with Crippen LogP contribution in [0.5, 0.6) is 0 Å². The molecule has 0 unspecified atom stereocenters. The monoisotopic (exact) mass is 364 g/mol. The molecule has 10 heteroatoms. The van der Waals surface area contributed by atoms with Crippen molar-refractivity contribution < 1.29 is 28.7 Å². The molecule has 2 N–H and O–H groups in total. The number of ether oxygens (including phenoxy) is 2. The lowest BCUT2D eigenvalue weighted by Crippen LogP contribution is -2.57. The van der Waals surface area contributed by atoms with E-state index in [1.165, 1.54) is 20.5 Å². The zero-order chi connectivity index (χ0) is 19.2. The molecule has 2 aliphatic rings. The molecule has 10 nitrogen and oxygen atoms in total.